The van der Waals surface area contributed by atoms with Crippen molar-refractivity contribution in [3.8, 4) is 0 Å². The first kappa shape index (κ1) is 18.0. The maximum absolute atomic E-state index is 14.4. The molecule has 1 fully saturated rings. The summed E-state index contributed by atoms with van der Waals surface area (Å²) in [6.07, 6.45) is 3.38. The molecule has 2 heterocycles. The third-order valence-corrected chi connectivity index (χ3v) is 4.17. The van der Waals surface area contributed by atoms with Crippen LogP contribution in [0, 0.1) is 5.82 Å². The van der Waals surface area contributed by atoms with Gasteiger partial charge in [0, 0.05) is 31.2 Å². The third-order valence-electron chi connectivity index (χ3n) is 4.17. The fourth-order valence-corrected chi connectivity index (χ4v) is 3.01. The number of nitrogens with zero attached hydrogens (tertiary/aromatic N) is 2. The SMILES string of the molecule is CCn1cc(C(=O)O)c(=O)c2cc(F)c(N3CCCC3)cc21.[NaH]. The molecule has 0 amide bonds. The van der Waals surface area contributed by atoms with Crippen LogP contribution in [-0.4, -0.2) is 58.3 Å². The Balaban J connectivity index is 0.00000192. The van der Waals surface area contributed by atoms with Crippen LogP contribution in [0.1, 0.15) is 30.1 Å². The van der Waals surface area contributed by atoms with E-state index in [0.717, 1.165) is 25.9 Å². The molecule has 0 bridgehead atoms. The van der Waals surface area contributed by atoms with Crippen LogP contribution < -0.4 is 10.3 Å². The van der Waals surface area contributed by atoms with Crippen LogP contribution in [0.4, 0.5) is 10.1 Å². The average Bonchev–Trinajstić information content (AvgIpc) is 3.01. The summed E-state index contributed by atoms with van der Waals surface area (Å²) in [5.41, 5.74) is 0.0808. The van der Waals surface area contributed by atoms with Gasteiger partial charge in [-0.3, -0.25) is 4.79 Å². The van der Waals surface area contributed by atoms with Crippen LogP contribution in [0.15, 0.2) is 23.1 Å². The van der Waals surface area contributed by atoms with Crippen molar-refractivity contribution >= 4 is 52.1 Å². The van der Waals surface area contributed by atoms with Gasteiger partial charge < -0.3 is 14.6 Å². The zero-order chi connectivity index (χ0) is 15.9. The van der Waals surface area contributed by atoms with Crippen molar-refractivity contribution in [1.29, 1.82) is 0 Å². The molecule has 0 atom stereocenters. The predicted molar refractivity (Wildman–Crippen MR) is 89.4 cm³/mol. The first-order valence-corrected chi connectivity index (χ1v) is 7.38. The number of fused-ring (bicyclic) bond motifs is 1. The van der Waals surface area contributed by atoms with Gasteiger partial charge in [-0.15, -0.1) is 0 Å². The van der Waals surface area contributed by atoms with Crippen molar-refractivity contribution in [2.45, 2.75) is 26.3 Å². The van der Waals surface area contributed by atoms with Gasteiger partial charge in [0.15, 0.2) is 0 Å². The first-order chi connectivity index (χ1) is 10.5. The average molecular weight is 328 g/mol. The van der Waals surface area contributed by atoms with Crippen LogP contribution in [0.25, 0.3) is 10.9 Å². The number of hydrogen-bond donors (Lipinski definition) is 1. The Labute approximate surface area is 155 Å². The summed E-state index contributed by atoms with van der Waals surface area (Å²) in [5, 5.41) is 9.24. The molecule has 7 heteroatoms. The van der Waals surface area contributed by atoms with E-state index in [-0.39, 0.29) is 40.5 Å². The van der Waals surface area contributed by atoms with Gasteiger partial charge in [0.05, 0.1) is 11.2 Å². The molecule has 1 aliphatic heterocycles. The quantitative estimate of drug-likeness (QED) is 0.873. The second-order valence-corrected chi connectivity index (χ2v) is 5.48. The molecule has 1 N–H and O–H groups in total. The molecule has 0 saturated carbocycles. The molecule has 1 aliphatic rings. The number of rotatable bonds is 3. The minimum absolute atomic E-state index is 0. The van der Waals surface area contributed by atoms with Gasteiger partial charge in [-0.1, -0.05) is 0 Å². The molecular weight excluding hydrogens is 310 g/mol. The number of anilines is 1. The molecule has 5 nitrogen and oxygen atoms in total. The summed E-state index contributed by atoms with van der Waals surface area (Å²) in [5.74, 6) is -1.77. The predicted octanol–water partition coefficient (Wildman–Crippen LogP) is 1.81. The Hall–Kier alpha value is -1.37. The van der Waals surface area contributed by atoms with Crippen molar-refractivity contribution in [2.24, 2.45) is 0 Å². The van der Waals surface area contributed by atoms with E-state index in [9.17, 15) is 14.0 Å². The number of hydrogen-bond acceptors (Lipinski definition) is 3. The molecule has 0 unspecified atom stereocenters. The summed E-state index contributed by atoms with van der Waals surface area (Å²) >= 11 is 0. The van der Waals surface area contributed by atoms with Crippen LogP contribution >= 0.6 is 0 Å². The third kappa shape index (κ3) is 3.16. The maximum atomic E-state index is 14.4. The van der Waals surface area contributed by atoms with Gasteiger partial charge in [0.1, 0.15) is 11.4 Å². The standard InChI is InChI=1S/C16H17FN2O3.Na.H/c1-2-18-9-11(16(21)22)15(20)10-7-12(17)14(8-13(10)18)19-5-3-4-6-19;;/h7-9H,2-6H2,1H3,(H,21,22);;. The number of carboxylic acid groups (broad SMARTS) is 1. The Morgan fingerprint density at radius 2 is 1.96 bits per heavy atom. The van der Waals surface area contributed by atoms with E-state index in [0.29, 0.717) is 17.7 Å². The minimum atomic E-state index is -1.29. The molecule has 2 aromatic rings. The van der Waals surface area contributed by atoms with E-state index in [2.05, 4.69) is 0 Å². The van der Waals surface area contributed by atoms with Crippen molar-refractivity contribution in [3.63, 3.8) is 0 Å². The number of carboxylic acids is 1. The molecule has 0 radical (unpaired) electrons. The summed E-state index contributed by atoms with van der Waals surface area (Å²) in [6, 6.07) is 2.83. The number of benzene rings is 1. The van der Waals surface area contributed by atoms with Crippen LogP contribution in [-0.2, 0) is 6.54 Å². The summed E-state index contributed by atoms with van der Waals surface area (Å²) < 4.78 is 16.1. The molecule has 1 saturated heterocycles. The molecule has 1 aromatic carbocycles. The van der Waals surface area contributed by atoms with Crippen LogP contribution in [0.3, 0.4) is 0 Å². The van der Waals surface area contributed by atoms with Crippen molar-refractivity contribution in [3.05, 3.63) is 39.9 Å². The topological polar surface area (TPSA) is 62.5 Å². The Bertz CT molecular complexity index is 813. The number of aryl methyl sites for hydroxylation is 1. The molecular formula is C16H18FN2NaO3. The van der Waals surface area contributed by atoms with E-state index >= 15 is 0 Å². The van der Waals surface area contributed by atoms with Crippen LogP contribution in [0.5, 0.6) is 0 Å². The number of carbonyl (C=O) groups is 1. The van der Waals surface area contributed by atoms with Crippen molar-refractivity contribution in [1.82, 2.24) is 4.57 Å². The molecule has 23 heavy (non-hydrogen) atoms. The molecule has 118 valence electrons. The van der Waals surface area contributed by atoms with Gasteiger partial charge in [-0.05, 0) is 31.9 Å². The molecule has 0 aliphatic carbocycles. The second-order valence-electron chi connectivity index (χ2n) is 5.48. The molecule has 0 spiro atoms. The van der Waals surface area contributed by atoms with E-state index in [1.807, 2.05) is 11.8 Å². The van der Waals surface area contributed by atoms with Gasteiger partial charge in [-0.2, -0.15) is 0 Å². The van der Waals surface area contributed by atoms with Gasteiger partial charge >= 0.3 is 35.5 Å². The van der Waals surface area contributed by atoms with Crippen molar-refractivity contribution < 1.29 is 14.3 Å². The summed E-state index contributed by atoms with van der Waals surface area (Å²) in [4.78, 5) is 25.4. The van der Waals surface area contributed by atoms with E-state index in [1.54, 1.807) is 10.6 Å². The van der Waals surface area contributed by atoms with Gasteiger partial charge in [0.25, 0.3) is 0 Å². The zero-order valence-corrected chi connectivity index (χ0v) is 12.3. The number of halogens is 1. The Morgan fingerprint density at radius 3 is 2.52 bits per heavy atom. The number of aromatic carboxylic acids is 1. The monoisotopic (exact) mass is 328 g/mol. The van der Waals surface area contributed by atoms with Gasteiger partial charge in [0.2, 0.25) is 5.43 Å². The van der Waals surface area contributed by atoms with Crippen molar-refractivity contribution in [2.75, 3.05) is 18.0 Å². The number of pyridine rings is 1. The molecule has 1 aromatic heterocycles. The summed E-state index contributed by atoms with van der Waals surface area (Å²) in [6.45, 7) is 3.95. The Morgan fingerprint density at radius 1 is 1.30 bits per heavy atom. The van der Waals surface area contributed by atoms with E-state index in [4.69, 9.17) is 5.11 Å². The number of aromatic nitrogens is 1. The normalized spacial score (nSPS) is 14.1. The zero-order valence-electron chi connectivity index (χ0n) is 12.3. The fraction of sp³-hybridized carbons (Fsp3) is 0.375. The fourth-order valence-electron chi connectivity index (χ4n) is 3.01. The Kier molecular flexibility index (Phi) is 5.49. The summed E-state index contributed by atoms with van der Waals surface area (Å²) in [7, 11) is 0. The first-order valence-electron chi connectivity index (χ1n) is 7.38. The van der Waals surface area contributed by atoms with Crippen LogP contribution in [0.2, 0.25) is 0 Å². The van der Waals surface area contributed by atoms with E-state index in [1.165, 1.54) is 12.3 Å². The van der Waals surface area contributed by atoms with Gasteiger partial charge in [-0.25, -0.2) is 9.18 Å². The second kappa shape index (κ2) is 7.03. The van der Waals surface area contributed by atoms with E-state index < -0.39 is 17.2 Å². The molecule has 3 rings (SSSR count).